The Morgan fingerprint density at radius 3 is 3.00 bits per heavy atom. The Labute approximate surface area is 89.1 Å². The van der Waals surface area contributed by atoms with E-state index in [1.807, 2.05) is 12.3 Å². The smallest absolute Gasteiger partial charge is 0.0726 e. The molecule has 2 heterocycles. The summed E-state index contributed by atoms with van der Waals surface area (Å²) in [4.78, 5) is 4.13. The lowest BCUT2D eigenvalue weighted by Gasteiger charge is -2.15. The summed E-state index contributed by atoms with van der Waals surface area (Å²) in [5.41, 5.74) is 1.34. The van der Waals surface area contributed by atoms with Crippen molar-refractivity contribution in [2.45, 2.75) is 24.3 Å². The molecule has 1 aromatic heterocycles. The van der Waals surface area contributed by atoms with Crippen LogP contribution >= 0.6 is 0 Å². The molecule has 1 saturated heterocycles. The van der Waals surface area contributed by atoms with Crippen molar-refractivity contribution in [3.05, 3.63) is 30.1 Å². The highest BCUT2D eigenvalue weighted by atomic mass is 15.1. The fourth-order valence-electron chi connectivity index (χ4n) is 2.67. The largest absolute Gasteiger partial charge is 0.309 e. The first-order valence-corrected chi connectivity index (χ1v) is 5.40. The minimum absolute atomic E-state index is 0.127. The molecule has 2 aliphatic rings. The van der Waals surface area contributed by atoms with E-state index < -0.39 is 0 Å². The molecule has 0 aromatic carbocycles. The van der Waals surface area contributed by atoms with Gasteiger partial charge in [-0.2, -0.15) is 5.26 Å². The first-order valence-electron chi connectivity index (χ1n) is 5.40. The van der Waals surface area contributed by atoms with Crippen molar-refractivity contribution >= 4 is 0 Å². The van der Waals surface area contributed by atoms with E-state index in [0.717, 1.165) is 19.4 Å². The minimum atomic E-state index is 0.127. The summed E-state index contributed by atoms with van der Waals surface area (Å²) in [7, 11) is 0. The summed E-state index contributed by atoms with van der Waals surface area (Å²) in [6.45, 7) is 0.921. The summed E-state index contributed by atoms with van der Waals surface area (Å²) >= 11 is 0. The molecule has 2 fully saturated rings. The maximum atomic E-state index is 9.26. The molecule has 0 amide bonds. The van der Waals surface area contributed by atoms with Crippen LogP contribution in [0, 0.1) is 17.2 Å². The number of pyridine rings is 1. The zero-order valence-electron chi connectivity index (χ0n) is 8.48. The summed E-state index contributed by atoms with van der Waals surface area (Å²) in [5.74, 6) is 0.452. The number of hydrogen-bond donors (Lipinski definition) is 1. The van der Waals surface area contributed by atoms with Crippen LogP contribution < -0.4 is 5.32 Å². The number of rotatable bonds is 1. The predicted octanol–water partition coefficient (Wildman–Crippen LogP) is 1.44. The zero-order chi connectivity index (χ0) is 10.3. The van der Waals surface area contributed by atoms with Gasteiger partial charge in [-0.15, -0.1) is 0 Å². The third-order valence-corrected chi connectivity index (χ3v) is 3.71. The third-order valence-electron chi connectivity index (χ3n) is 3.71. The van der Waals surface area contributed by atoms with Crippen LogP contribution in [0.4, 0.5) is 0 Å². The monoisotopic (exact) mass is 199 g/mol. The van der Waals surface area contributed by atoms with Gasteiger partial charge in [0.2, 0.25) is 0 Å². The summed E-state index contributed by atoms with van der Waals surface area (Å²) < 4.78 is 0. The van der Waals surface area contributed by atoms with E-state index in [-0.39, 0.29) is 11.5 Å². The standard InChI is InChI=1S/C12H13N3/c13-6-11-10(8-15-12(11)3-4-12)9-2-1-5-14-7-9/h1-2,5,7,10-11,15H,3-4,8H2. The van der Waals surface area contributed by atoms with Crippen LogP contribution in [0.25, 0.3) is 0 Å². The average molecular weight is 199 g/mol. The van der Waals surface area contributed by atoms with E-state index in [1.165, 1.54) is 5.56 Å². The van der Waals surface area contributed by atoms with Crippen LogP contribution in [0.3, 0.4) is 0 Å². The van der Waals surface area contributed by atoms with Crippen molar-refractivity contribution in [3.8, 4) is 6.07 Å². The SMILES string of the molecule is N#CC1C(c2cccnc2)CNC12CC2. The molecule has 1 spiro atoms. The quantitative estimate of drug-likeness (QED) is 0.744. The molecular weight excluding hydrogens is 186 g/mol. The van der Waals surface area contributed by atoms with Gasteiger partial charge in [0.1, 0.15) is 0 Å². The van der Waals surface area contributed by atoms with Crippen LogP contribution in [-0.4, -0.2) is 17.1 Å². The molecule has 15 heavy (non-hydrogen) atoms. The van der Waals surface area contributed by atoms with Crippen LogP contribution in [0.5, 0.6) is 0 Å². The van der Waals surface area contributed by atoms with E-state index >= 15 is 0 Å². The maximum absolute atomic E-state index is 9.26. The highest BCUT2D eigenvalue weighted by Crippen LogP contribution is 2.51. The molecule has 1 saturated carbocycles. The van der Waals surface area contributed by atoms with Gasteiger partial charge in [0.25, 0.3) is 0 Å². The van der Waals surface area contributed by atoms with Crippen LogP contribution in [0.1, 0.15) is 24.3 Å². The number of nitriles is 1. The molecule has 2 atom stereocenters. The molecule has 1 N–H and O–H groups in total. The Balaban J connectivity index is 1.92. The molecule has 1 aliphatic heterocycles. The van der Waals surface area contributed by atoms with E-state index in [2.05, 4.69) is 22.4 Å². The van der Waals surface area contributed by atoms with Gasteiger partial charge >= 0.3 is 0 Å². The van der Waals surface area contributed by atoms with Gasteiger partial charge in [-0.1, -0.05) is 6.07 Å². The minimum Gasteiger partial charge on any atom is -0.309 e. The van der Waals surface area contributed by atoms with Gasteiger partial charge in [0.15, 0.2) is 0 Å². The van der Waals surface area contributed by atoms with Gasteiger partial charge in [-0.25, -0.2) is 0 Å². The third kappa shape index (κ3) is 1.25. The molecule has 0 radical (unpaired) electrons. The van der Waals surface area contributed by atoms with E-state index in [9.17, 15) is 5.26 Å². The molecular formula is C12H13N3. The fourth-order valence-corrected chi connectivity index (χ4v) is 2.67. The first kappa shape index (κ1) is 8.87. The van der Waals surface area contributed by atoms with Crippen LogP contribution in [0.15, 0.2) is 24.5 Å². The number of hydrogen-bond acceptors (Lipinski definition) is 3. The second-order valence-electron chi connectivity index (χ2n) is 4.54. The average Bonchev–Trinajstić information content (AvgIpc) is 2.95. The van der Waals surface area contributed by atoms with Gasteiger partial charge in [0, 0.05) is 30.4 Å². The molecule has 0 bridgehead atoms. The van der Waals surface area contributed by atoms with Crippen molar-refractivity contribution in [3.63, 3.8) is 0 Å². The van der Waals surface area contributed by atoms with Crippen molar-refractivity contribution < 1.29 is 0 Å². The Morgan fingerprint density at radius 1 is 1.53 bits per heavy atom. The molecule has 1 aromatic rings. The fraction of sp³-hybridized carbons (Fsp3) is 0.500. The predicted molar refractivity (Wildman–Crippen MR) is 56.0 cm³/mol. The second kappa shape index (κ2) is 3.04. The maximum Gasteiger partial charge on any atom is 0.0726 e. The lowest BCUT2D eigenvalue weighted by atomic mass is 9.86. The Bertz CT molecular complexity index is 403. The lowest BCUT2D eigenvalue weighted by Crippen LogP contribution is -2.28. The van der Waals surface area contributed by atoms with E-state index in [0.29, 0.717) is 5.92 Å². The van der Waals surface area contributed by atoms with Gasteiger partial charge < -0.3 is 5.32 Å². The van der Waals surface area contributed by atoms with Gasteiger partial charge in [0.05, 0.1) is 12.0 Å². The van der Waals surface area contributed by atoms with Crippen LogP contribution in [-0.2, 0) is 0 Å². The summed E-state index contributed by atoms with van der Waals surface area (Å²) in [6.07, 6.45) is 5.97. The van der Waals surface area contributed by atoms with Crippen molar-refractivity contribution in [1.82, 2.24) is 10.3 Å². The molecule has 2 unspecified atom stereocenters. The molecule has 3 heteroatoms. The Hall–Kier alpha value is -1.40. The highest BCUT2D eigenvalue weighted by Gasteiger charge is 2.56. The topological polar surface area (TPSA) is 48.7 Å². The molecule has 1 aliphatic carbocycles. The van der Waals surface area contributed by atoms with Gasteiger partial charge in [-0.3, -0.25) is 4.98 Å². The lowest BCUT2D eigenvalue weighted by molar-refractivity contribution is 0.495. The molecule has 76 valence electrons. The van der Waals surface area contributed by atoms with Crippen molar-refractivity contribution in [2.24, 2.45) is 5.92 Å². The van der Waals surface area contributed by atoms with Gasteiger partial charge in [-0.05, 0) is 24.5 Å². The van der Waals surface area contributed by atoms with Crippen LogP contribution in [0.2, 0.25) is 0 Å². The first-order chi connectivity index (χ1) is 7.36. The normalized spacial score (nSPS) is 31.4. The van der Waals surface area contributed by atoms with E-state index in [4.69, 9.17) is 0 Å². The summed E-state index contributed by atoms with van der Waals surface area (Å²) in [6, 6.07) is 6.50. The number of nitrogens with zero attached hydrogens (tertiary/aromatic N) is 2. The number of aromatic nitrogens is 1. The highest BCUT2D eigenvalue weighted by molar-refractivity contribution is 5.29. The second-order valence-corrected chi connectivity index (χ2v) is 4.54. The van der Waals surface area contributed by atoms with Crippen molar-refractivity contribution in [1.29, 1.82) is 5.26 Å². The van der Waals surface area contributed by atoms with Crippen molar-refractivity contribution in [2.75, 3.05) is 6.54 Å². The van der Waals surface area contributed by atoms with E-state index in [1.54, 1.807) is 6.20 Å². The Kier molecular flexibility index (Phi) is 1.80. The molecule has 3 rings (SSSR count). The number of nitrogens with one attached hydrogen (secondary N) is 1. The molecule has 3 nitrogen and oxygen atoms in total. The summed E-state index contributed by atoms with van der Waals surface area (Å²) in [5, 5.41) is 12.8. The Morgan fingerprint density at radius 2 is 2.40 bits per heavy atom. The zero-order valence-corrected chi connectivity index (χ0v) is 8.48.